The number of nitrogens with two attached hydrogens (primary N) is 1. The van der Waals surface area contributed by atoms with Crippen LogP contribution in [0.15, 0.2) is 18.6 Å². The van der Waals surface area contributed by atoms with Gasteiger partial charge in [0.15, 0.2) is 0 Å². The van der Waals surface area contributed by atoms with Gasteiger partial charge in [-0.2, -0.15) is 0 Å². The predicted octanol–water partition coefficient (Wildman–Crippen LogP) is 2.76. The number of anilines is 1. The van der Waals surface area contributed by atoms with Gasteiger partial charge in [-0.05, 0) is 31.7 Å². The van der Waals surface area contributed by atoms with Crippen molar-refractivity contribution in [2.75, 3.05) is 12.8 Å². The number of fused-ring (bicyclic) bond motifs is 1. The van der Waals surface area contributed by atoms with E-state index < -0.39 is 0 Å². The van der Waals surface area contributed by atoms with Crippen molar-refractivity contribution in [1.82, 2.24) is 14.5 Å². The Bertz CT molecular complexity index is 548. The summed E-state index contributed by atoms with van der Waals surface area (Å²) in [5.74, 6) is 1.54. The van der Waals surface area contributed by atoms with E-state index in [0.717, 1.165) is 24.1 Å². The van der Waals surface area contributed by atoms with Crippen LogP contribution in [0, 0.1) is 5.92 Å². The smallest absolute Gasteiger partial charge is 0.145 e. The molecule has 0 bridgehead atoms. The Labute approximate surface area is 119 Å². The Morgan fingerprint density at radius 1 is 1.40 bits per heavy atom. The molecular weight excluding hydrogens is 252 g/mol. The van der Waals surface area contributed by atoms with Crippen molar-refractivity contribution in [3.8, 4) is 0 Å². The van der Waals surface area contributed by atoms with Crippen LogP contribution in [0.3, 0.4) is 0 Å². The zero-order valence-corrected chi connectivity index (χ0v) is 12.3. The highest BCUT2D eigenvalue weighted by Crippen LogP contribution is 2.33. The van der Waals surface area contributed by atoms with Crippen LogP contribution in [-0.2, 0) is 0 Å². The Kier molecular flexibility index (Phi) is 4.95. The third kappa shape index (κ3) is 2.93. The van der Waals surface area contributed by atoms with Crippen LogP contribution in [0.4, 0.5) is 5.82 Å². The SMILES string of the molecule is CC(CCC1CCC1)n1ccc2c(N)ncnc21.CO. The van der Waals surface area contributed by atoms with Crippen molar-refractivity contribution in [1.29, 1.82) is 0 Å². The number of aromatic nitrogens is 3. The standard InChI is InChI=1S/C14H20N4.CH4O/c1-10(5-6-11-3-2-4-11)18-8-7-12-13(15)16-9-17-14(12)18;1-2/h7-11H,2-6H2,1H3,(H2,15,16,17);2H,1H3. The van der Waals surface area contributed by atoms with Gasteiger partial charge in [0, 0.05) is 19.3 Å². The van der Waals surface area contributed by atoms with Crippen LogP contribution < -0.4 is 5.73 Å². The summed E-state index contributed by atoms with van der Waals surface area (Å²) in [6.45, 7) is 2.26. The first-order chi connectivity index (χ1) is 9.75. The molecule has 1 saturated carbocycles. The average molecular weight is 276 g/mol. The van der Waals surface area contributed by atoms with Crippen molar-refractivity contribution in [2.24, 2.45) is 5.92 Å². The van der Waals surface area contributed by atoms with E-state index in [4.69, 9.17) is 10.8 Å². The summed E-state index contributed by atoms with van der Waals surface area (Å²) in [4.78, 5) is 8.39. The second-order valence-electron chi connectivity index (χ2n) is 5.44. The molecule has 5 heteroatoms. The molecule has 0 spiro atoms. The van der Waals surface area contributed by atoms with E-state index in [9.17, 15) is 0 Å². The first kappa shape index (κ1) is 14.8. The minimum absolute atomic E-state index is 0.484. The number of nitrogens with zero attached hydrogens (tertiary/aromatic N) is 3. The summed E-state index contributed by atoms with van der Waals surface area (Å²) in [6.07, 6.45) is 10.5. The van der Waals surface area contributed by atoms with Gasteiger partial charge in [-0.15, -0.1) is 0 Å². The summed E-state index contributed by atoms with van der Waals surface area (Å²) >= 11 is 0. The van der Waals surface area contributed by atoms with Gasteiger partial charge in [0.2, 0.25) is 0 Å². The normalized spacial score (nSPS) is 16.4. The maximum atomic E-state index is 7.00. The second kappa shape index (κ2) is 6.70. The third-order valence-electron chi connectivity index (χ3n) is 4.23. The number of aliphatic hydroxyl groups is 1. The molecule has 0 radical (unpaired) electrons. The topological polar surface area (TPSA) is 77.0 Å². The fourth-order valence-electron chi connectivity index (χ4n) is 2.74. The molecule has 110 valence electrons. The lowest BCUT2D eigenvalue weighted by Crippen LogP contribution is -2.13. The molecule has 0 aromatic carbocycles. The first-order valence-electron chi connectivity index (χ1n) is 7.27. The molecule has 3 N–H and O–H groups in total. The molecule has 2 heterocycles. The highest BCUT2D eigenvalue weighted by molar-refractivity contribution is 5.86. The molecule has 3 rings (SSSR count). The molecule has 1 atom stereocenters. The maximum Gasteiger partial charge on any atom is 0.145 e. The zero-order valence-electron chi connectivity index (χ0n) is 12.3. The lowest BCUT2D eigenvalue weighted by molar-refractivity contribution is 0.274. The Morgan fingerprint density at radius 2 is 2.15 bits per heavy atom. The number of hydrogen-bond donors (Lipinski definition) is 2. The fourth-order valence-corrected chi connectivity index (χ4v) is 2.74. The van der Waals surface area contributed by atoms with Gasteiger partial charge in [-0.25, -0.2) is 9.97 Å². The molecule has 2 aromatic heterocycles. The maximum absolute atomic E-state index is 7.00. The molecule has 0 saturated heterocycles. The molecule has 1 fully saturated rings. The molecule has 2 aromatic rings. The Morgan fingerprint density at radius 3 is 2.80 bits per heavy atom. The summed E-state index contributed by atoms with van der Waals surface area (Å²) in [7, 11) is 1.00. The average Bonchev–Trinajstić information content (AvgIpc) is 2.84. The van der Waals surface area contributed by atoms with Gasteiger partial charge >= 0.3 is 0 Å². The van der Waals surface area contributed by atoms with Crippen molar-refractivity contribution in [3.63, 3.8) is 0 Å². The fraction of sp³-hybridized carbons (Fsp3) is 0.600. The van der Waals surface area contributed by atoms with Gasteiger partial charge in [0.05, 0.1) is 5.39 Å². The minimum atomic E-state index is 0.484. The van der Waals surface area contributed by atoms with E-state index in [2.05, 4.69) is 27.7 Å². The minimum Gasteiger partial charge on any atom is -0.400 e. The van der Waals surface area contributed by atoms with Gasteiger partial charge in [0.1, 0.15) is 17.8 Å². The first-order valence-corrected chi connectivity index (χ1v) is 7.27. The third-order valence-corrected chi connectivity index (χ3v) is 4.23. The van der Waals surface area contributed by atoms with Gasteiger partial charge < -0.3 is 15.4 Å². The molecule has 1 aliphatic rings. The number of hydrogen-bond acceptors (Lipinski definition) is 4. The van der Waals surface area contributed by atoms with E-state index in [1.165, 1.54) is 32.1 Å². The molecule has 5 nitrogen and oxygen atoms in total. The second-order valence-corrected chi connectivity index (χ2v) is 5.44. The van der Waals surface area contributed by atoms with Crippen molar-refractivity contribution in [3.05, 3.63) is 18.6 Å². The van der Waals surface area contributed by atoms with Gasteiger partial charge in [-0.3, -0.25) is 0 Å². The van der Waals surface area contributed by atoms with Crippen LogP contribution in [0.5, 0.6) is 0 Å². The van der Waals surface area contributed by atoms with Crippen LogP contribution >= 0.6 is 0 Å². The molecule has 20 heavy (non-hydrogen) atoms. The van der Waals surface area contributed by atoms with Crippen LogP contribution in [0.25, 0.3) is 11.0 Å². The highest BCUT2D eigenvalue weighted by atomic mass is 16.2. The van der Waals surface area contributed by atoms with Crippen molar-refractivity contribution >= 4 is 16.9 Å². The number of rotatable bonds is 4. The van der Waals surface area contributed by atoms with E-state index in [-0.39, 0.29) is 0 Å². The molecule has 0 amide bonds. The van der Waals surface area contributed by atoms with E-state index in [1.54, 1.807) is 6.33 Å². The summed E-state index contributed by atoms with van der Waals surface area (Å²) in [6, 6.07) is 2.50. The van der Waals surface area contributed by atoms with Gasteiger partial charge in [-0.1, -0.05) is 19.3 Å². The van der Waals surface area contributed by atoms with Crippen LogP contribution in [-0.4, -0.2) is 26.8 Å². The molecule has 0 aliphatic heterocycles. The molecule has 1 unspecified atom stereocenters. The van der Waals surface area contributed by atoms with Crippen LogP contribution in [0.1, 0.15) is 45.1 Å². The predicted molar refractivity (Wildman–Crippen MR) is 81.4 cm³/mol. The Balaban J connectivity index is 0.000000704. The lowest BCUT2D eigenvalue weighted by Gasteiger charge is -2.26. The van der Waals surface area contributed by atoms with Crippen molar-refractivity contribution in [2.45, 2.75) is 45.1 Å². The van der Waals surface area contributed by atoms with E-state index >= 15 is 0 Å². The molecular formula is C15H24N4O. The largest absolute Gasteiger partial charge is 0.400 e. The lowest BCUT2D eigenvalue weighted by atomic mass is 9.81. The van der Waals surface area contributed by atoms with Gasteiger partial charge in [0.25, 0.3) is 0 Å². The molecule has 1 aliphatic carbocycles. The Hall–Kier alpha value is -1.62. The van der Waals surface area contributed by atoms with Crippen molar-refractivity contribution < 1.29 is 5.11 Å². The van der Waals surface area contributed by atoms with Crippen LogP contribution in [0.2, 0.25) is 0 Å². The highest BCUT2D eigenvalue weighted by Gasteiger charge is 2.19. The number of nitrogen functional groups attached to an aromatic ring is 1. The number of aliphatic hydroxyl groups excluding tert-OH is 1. The summed E-state index contributed by atoms with van der Waals surface area (Å²) in [5.41, 5.74) is 6.82. The quantitative estimate of drug-likeness (QED) is 0.900. The van der Waals surface area contributed by atoms with E-state index in [1.807, 2.05) is 6.07 Å². The summed E-state index contributed by atoms with van der Waals surface area (Å²) < 4.78 is 2.23. The summed E-state index contributed by atoms with van der Waals surface area (Å²) in [5, 5.41) is 7.97. The monoisotopic (exact) mass is 276 g/mol. The zero-order chi connectivity index (χ0) is 14.5. The van der Waals surface area contributed by atoms with E-state index in [0.29, 0.717) is 11.9 Å².